The smallest absolute Gasteiger partial charge is 0.125 e. The highest BCUT2D eigenvalue weighted by atomic mass is 32.2. The van der Waals surface area contributed by atoms with Gasteiger partial charge >= 0.3 is 0 Å². The first-order valence-electron chi connectivity index (χ1n) is 4.44. The van der Waals surface area contributed by atoms with Crippen molar-refractivity contribution in [2.75, 3.05) is 0 Å². The van der Waals surface area contributed by atoms with Crippen molar-refractivity contribution < 1.29 is 13.0 Å². The Morgan fingerprint density at radius 2 is 1.60 bits per heavy atom. The molecule has 0 saturated carbocycles. The van der Waals surface area contributed by atoms with E-state index in [0.29, 0.717) is 5.39 Å². The molecule has 0 bridgehead atoms. The highest BCUT2D eigenvalue weighted by Crippen LogP contribution is 2.24. The second-order valence-corrected chi connectivity index (χ2v) is 4.73. The van der Waals surface area contributed by atoms with Gasteiger partial charge in [0.25, 0.3) is 0 Å². The molecule has 0 aliphatic carbocycles. The quantitative estimate of drug-likeness (QED) is 0.692. The fourth-order valence-corrected chi connectivity index (χ4v) is 2.35. The molecular weight excluding hydrogens is 212 g/mol. The molecule has 0 aromatic heterocycles. The van der Waals surface area contributed by atoms with Crippen molar-refractivity contribution in [3.05, 3.63) is 42.0 Å². The summed E-state index contributed by atoms with van der Waals surface area (Å²) in [6, 6.07) is 9.99. The Hall–Kier alpha value is -1.39. The number of fused-ring (bicyclic) bond motifs is 1. The molecule has 0 aliphatic heterocycles. The fraction of sp³-hybridized carbons (Fsp3) is 0.0909. The summed E-state index contributed by atoms with van der Waals surface area (Å²) >= 11 is 0. The summed E-state index contributed by atoms with van der Waals surface area (Å²) in [5, 5.41) is 1.29. The van der Waals surface area contributed by atoms with Gasteiger partial charge in [-0.05, 0) is 29.3 Å². The van der Waals surface area contributed by atoms with E-state index in [0.717, 1.165) is 10.9 Å². The molecule has 2 aromatic carbocycles. The Balaban J connectivity index is 2.96. The zero-order valence-corrected chi connectivity index (χ0v) is 8.91. The van der Waals surface area contributed by atoms with Crippen LogP contribution in [0.25, 0.3) is 10.8 Å². The summed E-state index contributed by atoms with van der Waals surface area (Å²) in [6.07, 6.45) is 0. The molecule has 3 nitrogen and oxygen atoms in total. The summed E-state index contributed by atoms with van der Waals surface area (Å²) in [6.45, 7) is 1.88. The number of benzene rings is 2. The van der Waals surface area contributed by atoms with Gasteiger partial charge in [0.05, 0.1) is 4.90 Å². The van der Waals surface area contributed by atoms with Gasteiger partial charge in [-0.15, -0.1) is 0 Å². The van der Waals surface area contributed by atoms with Gasteiger partial charge in [-0.2, -0.15) is 0 Å². The van der Waals surface area contributed by atoms with E-state index in [4.69, 9.17) is 0 Å². The Labute approximate surface area is 88.1 Å². The number of hydrogen-bond donors (Lipinski definition) is 0. The average Bonchev–Trinajstić information content (AvgIpc) is 2.16. The number of rotatable bonds is 1. The Morgan fingerprint density at radius 3 is 2.27 bits per heavy atom. The van der Waals surface area contributed by atoms with Crippen LogP contribution in [0.15, 0.2) is 41.3 Å². The predicted molar refractivity (Wildman–Crippen MR) is 56.6 cm³/mol. The van der Waals surface area contributed by atoms with Crippen molar-refractivity contribution in [1.82, 2.24) is 0 Å². The summed E-state index contributed by atoms with van der Waals surface area (Å²) in [5.74, 6) is 0. The van der Waals surface area contributed by atoms with Gasteiger partial charge in [0, 0.05) is 0 Å². The molecule has 0 fully saturated rings. The van der Waals surface area contributed by atoms with Crippen molar-refractivity contribution in [2.45, 2.75) is 11.8 Å². The van der Waals surface area contributed by atoms with Crippen LogP contribution in [0.3, 0.4) is 0 Å². The molecular formula is C11H9O3S-. The van der Waals surface area contributed by atoms with Crippen molar-refractivity contribution >= 4 is 20.9 Å². The van der Waals surface area contributed by atoms with E-state index >= 15 is 0 Å². The van der Waals surface area contributed by atoms with E-state index in [1.54, 1.807) is 24.3 Å². The topological polar surface area (TPSA) is 57.2 Å². The maximum Gasteiger partial charge on any atom is 0.125 e. The highest BCUT2D eigenvalue weighted by molar-refractivity contribution is 7.86. The van der Waals surface area contributed by atoms with Crippen LogP contribution in [0.5, 0.6) is 0 Å². The molecule has 0 heterocycles. The van der Waals surface area contributed by atoms with Crippen LogP contribution < -0.4 is 0 Å². The first-order chi connectivity index (χ1) is 7.00. The SMILES string of the molecule is Cc1cccc2c(S(=O)(=O)[O-])cccc12. The van der Waals surface area contributed by atoms with Crippen LogP contribution >= 0.6 is 0 Å². The van der Waals surface area contributed by atoms with Crippen molar-refractivity contribution in [3.63, 3.8) is 0 Å². The first-order valence-corrected chi connectivity index (χ1v) is 5.85. The van der Waals surface area contributed by atoms with E-state index < -0.39 is 10.1 Å². The summed E-state index contributed by atoms with van der Waals surface area (Å²) in [4.78, 5) is -0.149. The molecule has 15 heavy (non-hydrogen) atoms. The maximum atomic E-state index is 11.0. The minimum absolute atomic E-state index is 0.149. The first kappa shape index (κ1) is 10.1. The molecule has 78 valence electrons. The van der Waals surface area contributed by atoms with Crippen molar-refractivity contribution in [1.29, 1.82) is 0 Å². The second kappa shape index (κ2) is 3.32. The van der Waals surface area contributed by atoms with Crippen LogP contribution in [0.2, 0.25) is 0 Å². The lowest BCUT2D eigenvalue weighted by Gasteiger charge is -2.11. The highest BCUT2D eigenvalue weighted by Gasteiger charge is 2.07. The zero-order valence-electron chi connectivity index (χ0n) is 8.10. The van der Waals surface area contributed by atoms with E-state index in [-0.39, 0.29) is 4.90 Å². The molecule has 0 N–H and O–H groups in total. The third kappa shape index (κ3) is 1.73. The average molecular weight is 221 g/mol. The lowest BCUT2D eigenvalue weighted by Crippen LogP contribution is -1.99. The maximum absolute atomic E-state index is 11.0. The van der Waals surface area contributed by atoms with E-state index in [1.807, 2.05) is 13.0 Å². The molecule has 0 spiro atoms. The molecule has 0 amide bonds. The van der Waals surface area contributed by atoms with Crippen LogP contribution in [-0.4, -0.2) is 13.0 Å². The number of aryl methyl sites for hydroxylation is 1. The third-order valence-corrected chi connectivity index (χ3v) is 3.26. The van der Waals surface area contributed by atoms with Crippen LogP contribution in [-0.2, 0) is 10.1 Å². The number of hydrogen-bond acceptors (Lipinski definition) is 3. The van der Waals surface area contributed by atoms with Crippen LogP contribution in [0.4, 0.5) is 0 Å². The Bertz CT molecular complexity index is 615. The standard InChI is InChI=1S/C11H10O3S/c1-8-4-2-6-10-9(8)5-3-7-11(10)15(12,13)14/h2-7H,1H3,(H,12,13,14)/p-1. The van der Waals surface area contributed by atoms with E-state index in [2.05, 4.69) is 0 Å². The molecule has 0 aliphatic rings. The zero-order chi connectivity index (χ0) is 11.1. The summed E-state index contributed by atoms with van der Waals surface area (Å²) in [5.41, 5.74) is 0.956. The molecule has 2 rings (SSSR count). The van der Waals surface area contributed by atoms with Gasteiger partial charge in [-0.3, -0.25) is 0 Å². The molecule has 4 heteroatoms. The predicted octanol–water partition coefficient (Wildman–Crippen LogP) is 2.05. The van der Waals surface area contributed by atoms with E-state index in [1.165, 1.54) is 6.07 Å². The molecule has 0 atom stereocenters. The van der Waals surface area contributed by atoms with Gasteiger partial charge in [-0.1, -0.05) is 30.3 Å². The van der Waals surface area contributed by atoms with Gasteiger partial charge in [0.1, 0.15) is 10.1 Å². The summed E-state index contributed by atoms with van der Waals surface area (Å²) < 4.78 is 33.0. The third-order valence-electron chi connectivity index (χ3n) is 2.37. The van der Waals surface area contributed by atoms with Gasteiger partial charge in [0.15, 0.2) is 0 Å². The second-order valence-electron chi connectivity index (χ2n) is 3.38. The van der Waals surface area contributed by atoms with Gasteiger partial charge in [-0.25, -0.2) is 8.42 Å². The van der Waals surface area contributed by atoms with Crippen LogP contribution in [0.1, 0.15) is 5.56 Å². The monoisotopic (exact) mass is 221 g/mol. The lowest BCUT2D eigenvalue weighted by atomic mass is 10.1. The summed E-state index contributed by atoms with van der Waals surface area (Å²) in [7, 11) is -4.40. The lowest BCUT2D eigenvalue weighted by molar-refractivity contribution is 0.464. The Kier molecular flexibility index (Phi) is 2.25. The molecule has 0 saturated heterocycles. The van der Waals surface area contributed by atoms with Gasteiger partial charge < -0.3 is 4.55 Å². The molecule has 0 unspecified atom stereocenters. The van der Waals surface area contributed by atoms with Gasteiger partial charge in [0.2, 0.25) is 0 Å². The Morgan fingerprint density at radius 1 is 1.00 bits per heavy atom. The largest absolute Gasteiger partial charge is 0.744 e. The normalized spacial score (nSPS) is 11.9. The molecule has 2 aromatic rings. The van der Waals surface area contributed by atoms with Crippen molar-refractivity contribution in [2.24, 2.45) is 0 Å². The minimum atomic E-state index is -4.40. The minimum Gasteiger partial charge on any atom is -0.744 e. The molecule has 0 radical (unpaired) electrons. The van der Waals surface area contributed by atoms with Crippen molar-refractivity contribution in [3.8, 4) is 0 Å². The fourth-order valence-electron chi connectivity index (χ4n) is 1.66. The van der Waals surface area contributed by atoms with E-state index in [9.17, 15) is 13.0 Å². The van der Waals surface area contributed by atoms with Crippen LogP contribution in [0, 0.1) is 6.92 Å².